The molecule has 4 rings (SSSR count). The van der Waals surface area contributed by atoms with E-state index in [0.717, 1.165) is 11.5 Å². The SMILES string of the molecule is C=CCO/N=C(\C(=O)NC1C(=O)N2C(C(=O)OCOC(=O)C(C)(C)C)=C(CSc3nnnn3CCNC(=O)OC(C)(C)C)CS[C@@H]12)c1nsc(N)n1. The Morgan fingerprint density at radius 1 is 1.17 bits per heavy atom. The van der Waals surface area contributed by atoms with E-state index in [1.54, 1.807) is 41.5 Å². The van der Waals surface area contributed by atoms with Crippen LogP contribution in [0, 0.1) is 5.41 Å². The van der Waals surface area contributed by atoms with Gasteiger partial charge < -0.3 is 35.4 Å². The molecule has 1 unspecified atom stereocenters. The second-order valence-electron chi connectivity index (χ2n) is 12.9. The minimum atomic E-state index is -1.07. The molecule has 2 aromatic rings. The molecule has 4 N–H and O–H groups in total. The molecular weight excluding hydrogens is 743 g/mol. The van der Waals surface area contributed by atoms with Gasteiger partial charge in [0.15, 0.2) is 5.13 Å². The molecule has 282 valence electrons. The maximum absolute atomic E-state index is 13.6. The van der Waals surface area contributed by atoms with Crippen LogP contribution in [0.1, 0.15) is 47.4 Å². The Balaban J connectivity index is 1.50. The fraction of sp³-hybridized carbons (Fsp3) is 0.552. The molecule has 0 aliphatic carbocycles. The summed E-state index contributed by atoms with van der Waals surface area (Å²) in [5.41, 5.74) is 4.31. The summed E-state index contributed by atoms with van der Waals surface area (Å²) in [5.74, 6) is -2.62. The lowest BCUT2D eigenvalue weighted by Crippen LogP contribution is -2.71. The zero-order chi connectivity index (χ0) is 38.2. The first-order chi connectivity index (χ1) is 24.5. The molecule has 20 nitrogen and oxygen atoms in total. The molecule has 4 heterocycles. The number of nitrogen functional groups attached to an aromatic ring is 1. The fourth-order valence-electron chi connectivity index (χ4n) is 4.25. The van der Waals surface area contributed by atoms with Crippen molar-refractivity contribution in [2.45, 2.75) is 70.3 Å². The number of esters is 2. The first-order valence-corrected chi connectivity index (χ1v) is 18.4. The summed E-state index contributed by atoms with van der Waals surface area (Å²) < 4.78 is 21.2. The number of thioether (sulfide) groups is 2. The Kier molecular flexibility index (Phi) is 13.2. The predicted octanol–water partition coefficient (Wildman–Crippen LogP) is 1.07. The van der Waals surface area contributed by atoms with Gasteiger partial charge >= 0.3 is 18.0 Å². The molecular formula is C29H39N11O9S3. The van der Waals surface area contributed by atoms with Crippen LogP contribution < -0.4 is 16.4 Å². The molecule has 1 saturated heterocycles. The molecule has 3 amide bonds. The lowest BCUT2D eigenvalue weighted by atomic mass is 9.98. The van der Waals surface area contributed by atoms with Gasteiger partial charge in [0.25, 0.3) is 11.8 Å². The molecule has 1 fully saturated rings. The third kappa shape index (κ3) is 10.4. The molecule has 0 aromatic carbocycles. The number of fused-ring (bicyclic) bond motifs is 1. The van der Waals surface area contributed by atoms with Crippen molar-refractivity contribution in [3.63, 3.8) is 0 Å². The van der Waals surface area contributed by atoms with E-state index in [2.05, 4.69) is 47.3 Å². The van der Waals surface area contributed by atoms with Crippen LogP contribution in [0.3, 0.4) is 0 Å². The van der Waals surface area contributed by atoms with Gasteiger partial charge in [-0.3, -0.25) is 19.3 Å². The molecule has 2 atom stereocenters. The number of tetrazole rings is 1. The first-order valence-electron chi connectivity index (χ1n) is 15.6. The van der Waals surface area contributed by atoms with E-state index >= 15 is 0 Å². The van der Waals surface area contributed by atoms with Crippen LogP contribution in [0.15, 0.2) is 34.2 Å². The van der Waals surface area contributed by atoms with Crippen LogP contribution in [0.25, 0.3) is 0 Å². The van der Waals surface area contributed by atoms with Gasteiger partial charge in [-0.15, -0.1) is 16.9 Å². The predicted molar refractivity (Wildman–Crippen MR) is 188 cm³/mol. The van der Waals surface area contributed by atoms with Crippen molar-refractivity contribution in [1.82, 2.24) is 45.1 Å². The summed E-state index contributed by atoms with van der Waals surface area (Å²) in [4.78, 5) is 75.1. The number of ether oxygens (including phenoxy) is 3. The molecule has 52 heavy (non-hydrogen) atoms. The topological polar surface area (TPSA) is 257 Å². The number of alkyl carbamates (subject to hydrolysis) is 1. The highest BCUT2D eigenvalue weighted by Crippen LogP contribution is 2.42. The number of oxime groups is 1. The standard InChI is InChI=1S/C29H39N11O9S3/c1-8-11-48-35-16(19-33-25(30)52-36-19)20(41)32-17-21(42)40-18(23(43)46-14-47-24(44)28(2,3)4)15(12-50-22(17)40)13-51-26-34-37-38-39(26)10-9-31-27(45)49-29(5,6)7/h8,17,22H,1,9-14H2,2-7H3,(H,31,45)(H,32,41)(H2,30,33,36)/b35-16-/t17?,22-/m0/s1. The summed E-state index contributed by atoms with van der Waals surface area (Å²) in [5, 5.41) is 20.6. The highest BCUT2D eigenvalue weighted by atomic mass is 32.2. The number of hydrogen-bond acceptors (Lipinski definition) is 19. The minimum absolute atomic E-state index is 0.0114. The van der Waals surface area contributed by atoms with E-state index < -0.39 is 59.1 Å². The van der Waals surface area contributed by atoms with Crippen LogP contribution in [0.2, 0.25) is 0 Å². The number of amides is 3. The van der Waals surface area contributed by atoms with E-state index in [0.29, 0.717) is 10.7 Å². The van der Waals surface area contributed by atoms with E-state index in [1.165, 1.54) is 39.2 Å². The van der Waals surface area contributed by atoms with Crippen molar-refractivity contribution in [2.75, 3.05) is 37.2 Å². The average Bonchev–Trinajstić information content (AvgIpc) is 3.70. The third-order valence-corrected chi connectivity index (χ3v) is 9.53. The van der Waals surface area contributed by atoms with Gasteiger partial charge in [0, 0.05) is 29.6 Å². The summed E-state index contributed by atoms with van der Waals surface area (Å²) in [6.07, 6.45) is 0.832. The molecule has 23 heteroatoms. The third-order valence-electron chi connectivity index (χ3n) is 6.60. The largest absolute Gasteiger partial charge is 0.444 e. The number of aromatic nitrogens is 6. The highest BCUT2D eigenvalue weighted by Gasteiger charge is 2.55. The van der Waals surface area contributed by atoms with Crippen molar-refractivity contribution in [2.24, 2.45) is 10.6 Å². The molecule has 0 saturated carbocycles. The number of anilines is 1. The normalized spacial score (nSPS) is 17.5. The summed E-state index contributed by atoms with van der Waals surface area (Å²) in [6.45, 7) is 13.4. The molecule has 0 bridgehead atoms. The molecule has 2 aliphatic heterocycles. The van der Waals surface area contributed by atoms with Gasteiger partial charge in [0.1, 0.15) is 29.3 Å². The fourth-order valence-corrected chi connectivity index (χ4v) is 7.08. The van der Waals surface area contributed by atoms with Crippen LogP contribution in [0.4, 0.5) is 9.93 Å². The number of β-lactam (4-membered cyclic amide) rings is 1. The Morgan fingerprint density at radius 2 is 1.92 bits per heavy atom. The van der Waals surface area contributed by atoms with E-state index in [-0.39, 0.29) is 53.6 Å². The smallest absolute Gasteiger partial charge is 0.407 e. The number of nitrogens with zero attached hydrogens (tertiary/aromatic N) is 8. The van der Waals surface area contributed by atoms with Crippen molar-refractivity contribution >= 4 is 75.7 Å². The number of carbonyl (C=O) groups is 5. The quantitative estimate of drug-likeness (QED) is 0.0334. The second kappa shape index (κ2) is 17.2. The molecule has 0 radical (unpaired) electrons. The zero-order valence-corrected chi connectivity index (χ0v) is 31.7. The van der Waals surface area contributed by atoms with Crippen LogP contribution in [-0.2, 0) is 44.8 Å². The van der Waals surface area contributed by atoms with Crippen LogP contribution in [0.5, 0.6) is 0 Å². The first kappa shape index (κ1) is 40.0. The Labute approximate surface area is 310 Å². The number of carbonyl (C=O) groups excluding carboxylic acids is 5. The maximum Gasteiger partial charge on any atom is 0.407 e. The molecule has 2 aromatic heterocycles. The lowest BCUT2D eigenvalue weighted by Gasteiger charge is -2.49. The zero-order valence-electron chi connectivity index (χ0n) is 29.2. The number of hydrogen-bond donors (Lipinski definition) is 3. The van der Waals surface area contributed by atoms with E-state index in [1.807, 2.05) is 0 Å². The van der Waals surface area contributed by atoms with Crippen LogP contribution in [-0.4, -0.2) is 118 Å². The van der Waals surface area contributed by atoms with Gasteiger partial charge in [-0.2, -0.15) is 9.36 Å². The van der Waals surface area contributed by atoms with Gasteiger partial charge in [-0.1, -0.05) is 29.6 Å². The van der Waals surface area contributed by atoms with Gasteiger partial charge in [-0.05, 0) is 57.5 Å². The van der Waals surface area contributed by atoms with Crippen molar-refractivity contribution in [3.05, 3.63) is 29.7 Å². The molecule has 0 spiro atoms. The highest BCUT2D eigenvalue weighted by molar-refractivity contribution is 8.01. The van der Waals surface area contributed by atoms with Gasteiger partial charge in [-0.25, -0.2) is 14.3 Å². The number of nitrogens with two attached hydrogens (primary N) is 1. The average molecular weight is 782 g/mol. The van der Waals surface area contributed by atoms with E-state index in [9.17, 15) is 24.0 Å². The Morgan fingerprint density at radius 3 is 2.58 bits per heavy atom. The van der Waals surface area contributed by atoms with Crippen molar-refractivity contribution in [1.29, 1.82) is 0 Å². The maximum atomic E-state index is 13.6. The summed E-state index contributed by atoms with van der Waals surface area (Å²) in [6, 6.07) is -1.07. The summed E-state index contributed by atoms with van der Waals surface area (Å²) in [7, 11) is 0. The van der Waals surface area contributed by atoms with Gasteiger partial charge in [0.2, 0.25) is 23.5 Å². The van der Waals surface area contributed by atoms with Crippen molar-refractivity contribution < 1.29 is 43.0 Å². The minimum Gasteiger partial charge on any atom is -0.444 e. The van der Waals surface area contributed by atoms with Gasteiger partial charge in [0.05, 0.1) is 12.0 Å². The summed E-state index contributed by atoms with van der Waals surface area (Å²) >= 11 is 3.33. The number of nitrogens with one attached hydrogen (secondary N) is 2. The second-order valence-corrected chi connectivity index (χ2v) is 15.8. The monoisotopic (exact) mass is 781 g/mol. The Bertz CT molecular complexity index is 1750. The Hall–Kier alpha value is -4.77. The number of rotatable bonds is 15. The van der Waals surface area contributed by atoms with Crippen LogP contribution >= 0.6 is 35.1 Å². The molecule has 2 aliphatic rings. The lowest BCUT2D eigenvalue weighted by molar-refractivity contribution is -0.173. The van der Waals surface area contributed by atoms with Crippen molar-refractivity contribution in [3.8, 4) is 0 Å². The van der Waals surface area contributed by atoms with E-state index in [4.69, 9.17) is 24.8 Å².